The van der Waals surface area contributed by atoms with Crippen LogP contribution < -0.4 is 10.1 Å². The molecule has 4 aromatic rings. The van der Waals surface area contributed by atoms with Gasteiger partial charge in [0.1, 0.15) is 5.75 Å². The van der Waals surface area contributed by atoms with Crippen LogP contribution >= 0.6 is 11.3 Å². The zero-order valence-electron chi connectivity index (χ0n) is 16.2. The van der Waals surface area contributed by atoms with Crippen molar-refractivity contribution in [3.63, 3.8) is 0 Å². The summed E-state index contributed by atoms with van der Waals surface area (Å²) < 4.78 is 10.6. The molecule has 0 saturated carbocycles. The predicted octanol–water partition coefficient (Wildman–Crippen LogP) is 3.51. The normalized spacial score (nSPS) is 10.7. The molecule has 0 unspecified atom stereocenters. The molecule has 3 heterocycles. The number of thiophene rings is 1. The van der Waals surface area contributed by atoms with Gasteiger partial charge in [-0.15, -0.1) is 16.4 Å². The molecular weight excluding hydrogens is 406 g/mol. The lowest BCUT2D eigenvalue weighted by Crippen LogP contribution is -2.14. The number of benzene rings is 1. The SMILES string of the molecule is COc1cccc(-c2ocnc2C(=O)Nc2cnn(Cc3ccc(C(C)=O)s3)n2)c1. The van der Waals surface area contributed by atoms with Gasteiger partial charge in [0.05, 0.1) is 24.7 Å². The Bertz CT molecular complexity index is 1210. The maximum absolute atomic E-state index is 12.7. The van der Waals surface area contributed by atoms with E-state index in [0.29, 0.717) is 28.5 Å². The largest absolute Gasteiger partial charge is 0.497 e. The summed E-state index contributed by atoms with van der Waals surface area (Å²) in [5.41, 5.74) is 0.793. The Morgan fingerprint density at radius 3 is 2.90 bits per heavy atom. The molecule has 1 amide bonds. The predicted molar refractivity (Wildman–Crippen MR) is 110 cm³/mol. The Hall–Kier alpha value is -3.79. The monoisotopic (exact) mass is 423 g/mol. The molecule has 3 aromatic heterocycles. The summed E-state index contributed by atoms with van der Waals surface area (Å²) in [7, 11) is 1.56. The molecule has 30 heavy (non-hydrogen) atoms. The summed E-state index contributed by atoms with van der Waals surface area (Å²) in [6.45, 7) is 1.92. The van der Waals surface area contributed by atoms with Crippen molar-refractivity contribution in [1.29, 1.82) is 0 Å². The van der Waals surface area contributed by atoms with E-state index in [1.165, 1.54) is 35.6 Å². The van der Waals surface area contributed by atoms with E-state index >= 15 is 0 Å². The first-order chi connectivity index (χ1) is 14.5. The number of carbonyl (C=O) groups is 2. The second-order valence-corrected chi connectivity index (χ2v) is 7.47. The van der Waals surface area contributed by atoms with Gasteiger partial charge >= 0.3 is 0 Å². The number of ether oxygens (including phenoxy) is 1. The van der Waals surface area contributed by atoms with E-state index in [4.69, 9.17) is 9.15 Å². The van der Waals surface area contributed by atoms with Gasteiger partial charge in [-0.1, -0.05) is 12.1 Å². The fourth-order valence-corrected chi connectivity index (χ4v) is 3.65. The third-order valence-electron chi connectivity index (χ3n) is 4.20. The van der Waals surface area contributed by atoms with Crippen LogP contribution in [0.5, 0.6) is 5.75 Å². The first-order valence-corrected chi connectivity index (χ1v) is 9.74. The number of carbonyl (C=O) groups excluding carboxylic acids is 2. The van der Waals surface area contributed by atoms with Gasteiger partial charge in [-0.3, -0.25) is 9.59 Å². The maximum atomic E-state index is 12.7. The van der Waals surface area contributed by atoms with E-state index in [-0.39, 0.29) is 17.3 Å². The zero-order chi connectivity index (χ0) is 21.1. The number of anilines is 1. The van der Waals surface area contributed by atoms with E-state index in [9.17, 15) is 9.59 Å². The number of Topliss-reactive ketones (excluding diaryl/α,β-unsaturated/α-hetero) is 1. The number of oxazole rings is 1. The molecule has 0 aliphatic carbocycles. The summed E-state index contributed by atoms with van der Waals surface area (Å²) in [4.78, 5) is 31.2. The van der Waals surface area contributed by atoms with Crippen molar-refractivity contribution >= 4 is 28.8 Å². The van der Waals surface area contributed by atoms with Crippen LogP contribution in [-0.2, 0) is 6.54 Å². The molecule has 0 saturated heterocycles. The molecule has 0 atom stereocenters. The van der Waals surface area contributed by atoms with Crippen LogP contribution in [0.15, 0.2) is 53.4 Å². The van der Waals surface area contributed by atoms with Crippen LogP contribution in [0.2, 0.25) is 0 Å². The summed E-state index contributed by atoms with van der Waals surface area (Å²) in [6.07, 6.45) is 2.66. The van der Waals surface area contributed by atoms with E-state index < -0.39 is 5.91 Å². The van der Waals surface area contributed by atoms with Crippen LogP contribution in [-0.4, -0.2) is 38.8 Å². The van der Waals surface area contributed by atoms with Crippen molar-refractivity contribution in [2.24, 2.45) is 0 Å². The van der Waals surface area contributed by atoms with Crippen molar-refractivity contribution in [3.8, 4) is 17.1 Å². The number of aromatic nitrogens is 4. The molecule has 0 aliphatic rings. The second-order valence-electron chi connectivity index (χ2n) is 6.30. The number of nitrogens with zero attached hydrogens (tertiary/aromatic N) is 4. The molecule has 4 rings (SSSR count). The smallest absolute Gasteiger partial charge is 0.279 e. The topological polar surface area (TPSA) is 112 Å². The van der Waals surface area contributed by atoms with Gasteiger partial charge in [-0.05, 0) is 31.2 Å². The second kappa shape index (κ2) is 8.29. The van der Waals surface area contributed by atoms with Crippen LogP contribution in [0, 0.1) is 0 Å². The first-order valence-electron chi connectivity index (χ1n) is 8.92. The molecule has 9 nitrogen and oxygen atoms in total. The average molecular weight is 423 g/mol. The minimum absolute atomic E-state index is 0.0204. The van der Waals surface area contributed by atoms with Gasteiger partial charge in [-0.25, -0.2) is 4.98 Å². The number of hydrogen-bond donors (Lipinski definition) is 1. The Morgan fingerprint density at radius 1 is 1.27 bits per heavy atom. The third-order valence-corrected chi connectivity index (χ3v) is 5.37. The maximum Gasteiger partial charge on any atom is 0.279 e. The highest BCUT2D eigenvalue weighted by Gasteiger charge is 2.20. The molecule has 1 N–H and O–H groups in total. The highest BCUT2D eigenvalue weighted by Crippen LogP contribution is 2.27. The van der Waals surface area contributed by atoms with Gasteiger partial charge in [-0.2, -0.15) is 9.90 Å². The molecule has 1 aromatic carbocycles. The molecule has 0 spiro atoms. The Kier molecular flexibility index (Phi) is 5.40. The first kappa shape index (κ1) is 19.5. The van der Waals surface area contributed by atoms with Crippen LogP contribution in [0.3, 0.4) is 0 Å². The molecule has 0 bridgehead atoms. The minimum Gasteiger partial charge on any atom is -0.497 e. The van der Waals surface area contributed by atoms with Crippen molar-refractivity contribution in [2.75, 3.05) is 12.4 Å². The number of ketones is 1. The van der Waals surface area contributed by atoms with Crippen LogP contribution in [0.25, 0.3) is 11.3 Å². The average Bonchev–Trinajstić information content (AvgIpc) is 3.49. The Morgan fingerprint density at radius 2 is 2.13 bits per heavy atom. The summed E-state index contributed by atoms with van der Waals surface area (Å²) >= 11 is 1.39. The van der Waals surface area contributed by atoms with Crippen molar-refractivity contribution in [2.45, 2.75) is 13.5 Å². The van der Waals surface area contributed by atoms with E-state index in [1.807, 2.05) is 6.07 Å². The zero-order valence-corrected chi connectivity index (χ0v) is 17.0. The highest BCUT2D eigenvalue weighted by atomic mass is 32.1. The van der Waals surface area contributed by atoms with Gasteiger partial charge in [0.15, 0.2) is 29.4 Å². The number of hydrogen-bond acceptors (Lipinski definition) is 8. The molecule has 152 valence electrons. The van der Waals surface area contributed by atoms with Crippen molar-refractivity contribution in [3.05, 3.63) is 64.4 Å². The van der Waals surface area contributed by atoms with Gasteiger partial charge in [0, 0.05) is 10.4 Å². The molecular formula is C20H17N5O4S. The highest BCUT2D eigenvalue weighted by molar-refractivity contribution is 7.14. The number of amides is 1. The quantitative estimate of drug-likeness (QED) is 0.453. The lowest BCUT2D eigenvalue weighted by molar-refractivity contribution is 0.101. The molecule has 0 aliphatic heterocycles. The Labute approximate surface area is 175 Å². The lowest BCUT2D eigenvalue weighted by Gasteiger charge is -2.04. The summed E-state index contributed by atoms with van der Waals surface area (Å²) in [6, 6.07) is 10.8. The van der Waals surface area contributed by atoms with Gasteiger partial charge in [0.25, 0.3) is 5.91 Å². The summed E-state index contributed by atoms with van der Waals surface area (Å²) in [5, 5.41) is 11.1. The number of rotatable bonds is 7. The molecule has 0 radical (unpaired) electrons. The van der Waals surface area contributed by atoms with Crippen LogP contribution in [0.1, 0.15) is 32.0 Å². The van der Waals surface area contributed by atoms with Crippen LogP contribution in [0.4, 0.5) is 5.82 Å². The van der Waals surface area contributed by atoms with Gasteiger partial charge < -0.3 is 14.5 Å². The van der Waals surface area contributed by atoms with Crippen molar-refractivity contribution in [1.82, 2.24) is 20.0 Å². The van der Waals surface area contributed by atoms with E-state index in [0.717, 1.165) is 4.88 Å². The lowest BCUT2D eigenvalue weighted by atomic mass is 10.1. The number of nitrogens with one attached hydrogen (secondary N) is 1. The van der Waals surface area contributed by atoms with Crippen molar-refractivity contribution < 1.29 is 18.7 Å². The fraction of sp³-hybridized carbons (Fsp3) is 0.150. The minimum atomic E-state index is -0.469. The number of methoxy groups -OCH3 is 1. The Balaban J connectivity index is 1.47. The fourth-order valence-electron chi connectivity index (χ4n) is 2.77. The van der Waals surface area contributed by atoms with Gasteiger partial charge in [0.2, 0.25) is 0 Å². The van der Waals surface area contributed by atoms with E-state index in [1.54, 1.807) is 37.4 Å². The third kappa shape index (κ3) is 4.13. The summed E-state index contributed by atoms with van der Waals surface area (Å²) in [5.74, 6) is 0.799. The standard InChI is InChI=1S/C20H17N5O4S/c1-12(26)16-7-6-15(30-16)10-25-22-9-17(24-25)23-20(27)18-19(29-11-21-18)13-4-3-5-14(8-13)28-2/h3-9,11H,10H2,1-2H3,(H,23,24,27). The molecule has 10 heteroatoms. The molecule has 0 fully saturated rings. The van der Waals surface area contributed by atoms with E-state index in [2.05, 4.69) is 20.5 Å².